The van der Waals surface area contributed by atoms with E-state index in [1.165, 1.54) is 6.07 Å². The number of aromatic nitrogens is 1. The first-order chi connectivity index (χ1) is 7.25. The summed E-state index contributed by atoms with van der Waals surface area (Å²) in [4.78, 5) is 0. The molecule has 0 aliphatic rings. The second-order valence-electron chi connectivity index (χ2n) is 2.84. The summed E-state index contributed by atoms with van der Waals surface area (Å²) in [7, 11) is 0. The zero-order chi connectivity index (χ0) is 10.7. The molecule has 0 spiro atoms. The van der Waals surface area contributed by atoms with Crippen molar-refractivity contribution in [1.82, 2.24) is 5.16 Å². The van der Waals surface area contributed by atoms with Gasteiger partial charge in [0.15, 0.2) is 17.3 Å². The van der Waals surface area contributed by atoms with Crippen molar-refractivity contribution in [3.8, 4) is 5.75 Å². The zero-order valence-electron chi connectivity index (χ0n) is 7.61. The summed E-state index contributed by atoms with van der Waals surface area (Å²) in [5.41, 5.74) is 0. The molecule has 0 aliphatic carbocycles. The molecule has 1 aromatic heterocycles. The second kappa shape index (κ2) is 4.44. The molecule has 0 saturated carbocycles. The van der Waals surface area contributed by atoms with E-state index in [0.717, 1.165) is 0 Å². The van der Waals surface area contributed by atoms with Crippen molar-refractivity contribution in [3.05, 3.63) is 46.5 Å². The highest BCUT2D eigenvalue weighted by Gasteiger charge is 2.05. The van der Waals surface area contributed by atoms with Gasteiger partial charge in [-0.05, 0) is 28.1 Å². The molecule has 0 fully saturated rings. The number of rotatable bonds is 3. The molecule has 3 nitrogen and oxygen atoms in total. The van der Waals surface area contributed by atoms with Crippen molar-refractivity contribution in [3.63, 3.8) is 0 Å². The fourth-order valence-corrected chi connectivity index (χ4v) is 1.39. The van der Waals surface area contributed by atoms with Crippen LogP contribution in [0.5, 0.6) is 5.75 Å². The number of nitrogens with zero attached hydrogens (tertiary/aromatic N) is 1. The van der Waals surface area contributed by atoms with Gasteiger partial charge < -0.3 is 9.26 Å². The van der Waals surface area contributed by atoms with Crippen LogP contribution in [0.3, 0.4) is 0 Å². The lowest BCUT2D eigenvalue weighted by Crippen LogP contribution is -1.95. The lowest BCUT2D eigenvalue weighted by atomic mass is 10.3. The van der Waals surface area contributed by atoms with Crippen molar-refractivity contribution >= 4 is 15.9 Å². The lowest BCUT2D eigenvalue weighted by Gasteiger charge is -2.03. The third kappa shape index (κ3) is 2.56. The molecule has 1 aromatic carbocycles. The summed E-state index contributed by atoms with van der Waals surface area (Å²) in [6.45, 7) is 0.152. The summed E-state index contributed by atoms with van der Waals surface area (Å²) in [6, 6.07) is 7.87. The van der Waals surface area contributed by atoms with Crippen LogP contribution in [0.2, 0.25) is 0 Å². The smallest absolute Gasteiger partial charge is 0.175 e. The minimum Gasteiger partial charge on any atom is -0.482 e. The van der Waals surface area contributed by atoms with Gasteiger partial charge in [-0.25, -0.2) is 4.39 Å². The average Bonchev–Trinajstić information content (AvgIpc) is 2.63. The van der Waals surface area contributed by atoms with Crippen LogP contribution in [0.25, 0.3) is 0 Å². The molecule has 15 heavy (non-hydrogen) atoms. The van der Waals surface area contributed by atoms with Gasteiger partial charge in [-0.15, -0.1) is 0 Å². The highest BCUT2D eigenvalue weighted by atomic mass is 79.9. The zero-order valence-corrected chi connectivity index (χ0v) is 9.20. The predicted octanol–water partition coefficient (Wildman–Crippen LogP) is 3.16. The van der Waals surface area contributed by atoms with Crippen molar-refractivity contribution in [2.24, 2.45) is 0 Å². The maximum atomic E-state index is 13.1. The minimum atomic E-state index is -0.393. The molecule has 0 atom stereocenters. The summed E-state index contributed by atoms with van der Waals surface area (Å²) >= 11 is 3.14. The van der Waals surface area contributed by atoms with Crippen molar-refractivity contribution in [1.29, 1.82) is 0 Å². The number of para-hydroxylation sites is 1. The van der Waals surface area contributed by atoms with E-state index in [0.29, 0.717) is 10.4 Å². The quantitative estimate of drug-likeness (QED) is 0.860. The van der Waals surface area contributed by atoms with E-state index in [1.54, 1.807) is 24.3 Å². The molecular formula is C10H7BrFNO2. The number of ether oxygens (including phenoxy) is 1. The Kier molecular flexibility index (Phi) is 3.01. The monoisotopic (exact) mass is 271 g/mol. The molecule has 0 bridgehead atoms. The largest absolute Gasteiger partial charge is 0.482 e. The van der Waals surface area contributed by atoms with Crippen molar-refractivity contribution < 1.29 is 13.7 Å². The van der Waals surface area contributed by atoms with Gasteiger partial charge in [0.25, 0.3) is 0 Å². The summed E-state index contributed by atoms with van der Waals surface area (Å²) in [5, 5.41) is 3.62. The molecule has 0 aliphatic heterocycles. The first-order valence-electron chi connectivity index (χ1n) is 4.24. The highest BCUT2D eigenvalue weighted by Crippen LogP contribution is 2.18. The van der Waals surface area contributed by atoms with E-state index >= 15 is 0 Å². The number of benzene rings is 1. The maximum Gasteiger partial charge on any atom is 0.175 e. The summed E-state index contributed by atoms with van der Waals surface area (Å²) < 4.78 is 23.8. The molecule has 5 heteroatoms. The van der Waals surface area contributed by atoms with E-state index < -0.39 is 5.82 Å². The van der Waals surface area contributed by atoms with Gasteiger partial charge in [0.05, 0.1) is 0 Å². The van der Waals surface area contributed by atoms with Gasteiger partial charge in [0, 0.05) is 6.07 Å². The molecule has 0 unspecified atom stereocenters. The Labute approximate surface area is 94.0 Å². The van der Waals surface area contributed by atoms with Crippen molar-refractivity contribution in [2.45, 2.75) is 6.61 Å². The van der Waals surface area contributed by atoms with Crippen LogP contribution in [0.1, 0.15) is 5.76 Å². The topological polar surface area (TPSA) is 35.3 Å². The second-order valence-corrected chi connectivity index (χ2v) is 3.65. The van der Waals surface area contributed by atoms with E-state index in [4.69, 9.17) is 9.26 Å². The number of hydrogen-bond acceptors (Lipinski definition) is 3. The van der Waals surface area contributed by atoms with Gasteiger partial charge in [-0.1, -0.05) is 17.3 Å². The Morgan fingerprint density at radius 3 is 2.87 bits per heavy atom. The van der Waals surface area contributed by atoms with E-state index in [9.17, 15) is 4.39 Å². The molecular weight excluding hydrogens is 265 g/mol. The standard InChI is InChI=1S/C10H7BrFNO2/c11-10-5-7(15-13-10)6-14-9-4-2-1-3-8(9)12/h1-5H,6H2. The average molecular weight is 272 g/mol. The normalized spacial score (nSPS) is 10.3. The molecule has 0 saturated heterocycles. The van der Waals surface area contributed by atoms with Gasteiger partial charge in [0.2, 0.25) is 0 Å². The van der Waals surface area contributed by atoms with Gasteiger partial charge in [-0.3, -0.25) is 0 Å². The third-order valence-corrected chi connectivity index (χ3v) is 2.11. The van der Waals surface area contributed by atoms with E-state index in [1.807, 2.05) is 0 Å². The van der Waals surface area contributed by atoms with Crippen LogP contribution in [-0.2, 0) is 6.61 Å². The van der Waals surface area contributed by atoms with Gasteiger partial charge in [0.1, 0.15) is 11.2 Å². The Bertz CT molecular complexity index is 458. The number of hydrogen-bond donors (Lipinski definition) is 0. The van der Waals surface area contributed by atoms with Crippen LogP contribution in [0.15, 0.2) is 39.5 Å². The molecule has 2 aromatic rings. The SMILES string of the molecule is Fc1ccccc1OCc1cc(Br)no1. The highest BCUT2D eigenvalue weighted by molar-refractivity contribution is 9.10. The number of halogens is 2. The molecule has 0 radical (unpaired) electrons. The Hall–Kier alpha value is -1.36. The molecule has 0 N–H and O–H groups in total. The van der Waals surface area contributed by atoms with E-state index in [-0.39, 0.29) is 12.4 Å². The van der Waals surface area contributed by atoms with Crippen LogP contribution < -0.4 is 4.74 Å². The molecule has 78 valence electrons. The van der Waals surface area contributed by atoms with Crippen LogP contribution >= 0.6 is 15.9 Å². The van der Waals surface area contributed by atoms with Crippen LogP contribution in [0, 0.1) is 5.82 Å². The maximum absolute atomic E-state index is 13.1. The van der Waals surface area contributed by atoms with Gasteiger partial charge in [-0.2, -0.15) is 0 Å². The van der Waals surface area contributed by atoms with Gasteiger partial charge >= 0.3 is 0 Å². The molecule has 1 heterocycles. The van der Waals surface area contributed by atoms with Crippen LogP contribution in [-0.4, -0.2) is 5.16 Å². The van der Waals surface area contributed by atoms with Crippen molar-refractivity contribution in [2.75, 3.05) is 0 Å². The summed E-state index contributed by atoms with van der Waals surface area (Å²) in [6.07, 6.45) is 0. The van der Waals surface area contributed by atoms with E-state index in [2.05, 4.69) is 21.1 Å². The minimum absolute atomic E-state index is 0.152. The third-order valence-electron chi connectivity index (χ3n) is 1.74. The first-order valence-corrected chi connectivity index (χ1v) is 5.03. The Morgan fingerprint density at radius 2 is 2.20 bits per heavy atom. The molecule has 0 amide bonds. The summed E-state index contributed by atoms with van der Waals surface area (Å²) in [5.74, 6) is 0.339. The predicted molar refractivity (Wildman–Crippen MR) is 54.9 cm³/mol. The molecule has 2 rings (SSSR count). The fraction of sp³-hybridized carbons (Fsp3) is 0.100. The first kappa shape index (κ1) is 10.2. The fourth-order valence-electron chi connectivity index (χ4n) is 1.07. The van der Waals surface area contributed by atoms with Crippen LogP contribution in [0.4, 0.5) is 4.39 Å². The Morgan fingerprint density at radius 1 is 1.40 bits per heavy atom. The Balaban J connectivity index is 2.02. The lowest BCUT2D eigenvalue weighted by molar-refractivity contribution is 0.240.